The molecule has 0 saturated heterocycles. The van der Waals surface area contributed by atoms with Crippen LogP contribution in [-0.2, 0) is 0 Å². The monoisotopic (exact) mass is 264 g/mol. The molecule has 0 amide bonds. The van der Waals surface area contributed by atoms with Crippen LogP contribution in [0.25, 0.3) is 0 Å². The van der Waals surface area contributed by atoms with E-state index in [1.807, 2.05) is 0 Å². The summed E-state index contributed by atoms with van der Waals surface area (Å²) >= 11 is 0. The molecule has 1 aromatic carbocycles. The van der Waals surface area contributed by atoms with Crippen LogP contribution in [0.5, 0.6) is 5.75 Å². The lowest BCUT2D eigenvalue weighted by atomic mass is 10.1. The van der Waals surface area contributed by atoms with Crippen molar-refractivity contribution in [3.63, 3.8) is 0 Å². The summed E-state index contributed by atoms with van der Waals surface area (Å²) < 4.78 is 53.6. The van der Waals surface area contributed by atoms with Crippen LogP contribution in [0.3, 0.4) is 0 Å². The highest BCUT2D eigenvalue weighted by atomic mass is 19.3. The zero-order valence-corrected chi connectivity index (χ0v) is 9.63. The summed E-state index contributed by atoms with van der Waals surface area (Å²) in [5, 5.41) is 0. The van der Waals surface area contributed by atoms with Gasteiger partial charge in [0.1, 0.15) is 5.75 Å². The molecule has 100 valence electrons. The van der Waals surface area contributed by atoms with Crippen molar-refractivity contribution in [1.29, 1.82) is 0 Å². The normalized spacial score (nSPS) is 11.7. The maximum Gasteiger partial charge on any atom is 0.461 e. The highest BCUT2D eigenvalue weighted by molar-refractivity contribution is 5.98. The van der Waals surface area contributed by atoms with Crippen molar-refractivity contribution in [2.75, 3.05) is 0 Å². The number of alkyl halides is 4. The van der Waals surface area contributed by atoms with Crippen molar-refractivity contribution >= 4 is 5.78 Å². The SMILES string of the molecule is CCCC(=O)c1ccccc1OC(F)(F)C(F)F. The fourth-order valence-electron chi connectivity index (χ4n) is 1.34. The van der Waals surface area contributed by atoms with Gasteiger partial charge in [0.2, 0.25) is 0 Å². The van der Waals surface area contributed by atoms with Crippen molar-refractivity contribution in [3.8, 4) is 5.75 Å². The average molecular weight is 264 g/mol. The van der Waals surface area contributed by atoms with E-state index < -0.39 is 24.1 Å². The number of para-hydroxylation sites is 1. The van der Waals surface area contributed by atoms with Crippen LogP contribution in [0, 0.1) is 0 Å². The second-order valence-electron chi connectivity index (χ2n) is 3.63. The van der Waals surface area contributed by atoms with E-state index in [2.05, 4.69) is 4.74 Å². The lowest BCUT2D eigenvalue weighted by molar-refractivity contribution is -0.253. The number of Topliss-reactive ketones (excluding diaryl/α,β-unsaturated/α-hetero) is 1. The lowest BCUT2D eigenvalue weighted by Crippen LogP contribution is -2.34. The largest absolute Gasteiger partial charge is 0.461 e. The summed E-state index contributed by atoms with van der Waals surface area (Å²) in [7, 11) is 0. The first kappa shape index (κ1) is 14.5. The van der Waals surface area contributed by atoms with Gasteiger partial charge in [0.25, 0.3) is 0 Å². The van der Waals surface area contributed by atoms with E-state index in [9.17, 15) is 22.4 Å². The zero-order chi connectivity index (χ0) is 13.8. The summed E-state index contributed by atoms with van der Waals surface area (Å²) in [6.45, 7) is 1.75. The minimum atomic E-state index is -4.61. The number of carbonyl (C=O) groups excluding carboxylic acids is 1. The summed E-state index contributed by atoms with van der Waals surface area (Å²) in [5.41, 5.74) is -0.111. The summed E-state index contributed by atoms with van der Waals surface area (Å²) in [4.78, 5) is 11.6. The van der Waals surface area contributed by atoms with Crippen LogP contribution in [0.1, 0.15) is 30.1 Å². The molecule has 0 aromatic heterocycles. The number of rotatable bonds is 6. The highest BCUT2D eigenvalue weighted by Gasteiger charge is 2.44. The predicted octanol–water partition coefficient (Wildman–Crippen LogP) is 3.91. The Labute approximate surface area is 102 Å². The Morgan fingerprint density at radius 3 is 2.50 bits per heavy atom. The van der Waals surface area contributed by atoms with Gasteiger partial charge >= 0.3 is 12.5 Å². The van der Waals surface area contributed by atoms with Gasteiger partial charge in [0.05, 0.1) is 5.56 Å². The molecule has 0 aliphatic heterocycles. The molecule has 0 radical (unpaired) electrons. The van der Waals surface area contributed by atoms with Crippen LogP contribution < -0.4 is 4.74 Å². The molecule has 0 aliphatic rings. The van der Waals surface area contributed by atoms with Gasteiger partial charge in [-0.05, 0) is 18.6 Å². The van der Waals surface area contributed by atoms with Crippen molar-refractivity contribution < 1.29 is 27.1 Å². The van der Waals surface area contributed by atoms with E-state index in [1.165, 1.54) is 18.2 Å². The number of carbonyl (C=O) groups is 1. The number of ketones is 1. The number of hydrogen-bond acceptors (Lipinski definition) is 2. The Morgan fingerprint density at radius 1 is 1.33 bits per heavy atom. The van der Waals surface area contributed by atoms with Gasteiger partial charge in [0.15, 0.2) is 5.78 Å². The van der Waals surface area contributed by atoms with Crippen LogP contribution >= 0.6 is 0 Å². The van der Waals surface area contributed by atoms with Gasteiger partial charge in [-0.3, -0.25) is 4.79 Å². The first-order chi connectivity index (χ1) is 8.38. The number of benzene rings is 1. The molecule has 0 unspecified atom stereocenters. The molecule has 18 heavy (non-hydrogen) atoms. The average Bonchev–Trinajstić information content (AvgIpc) is 2.29. The van der Waals surface area contributed by atoms with Gasteiger partial charge in [-0.2, -0.15) is 17.6 Å². The van der Waals surface area contributed by atoms with E-state index in [1.54, 1.807) is 6.92 Å². The molecule has 0 N–H and O–H groups in total. The molecule has 1 rings (SSSR count). The van der Waals surface area contributed by atoms with E-state index in [-0.39, 0.29) is 12.0 Å². The van der Waals surface area contributed by atoms with Gasteiger partial charge in [-0.15, -0.1) is 0 Å². The quantitative estimate of drug-likeness (QED) is 0.575. The lowest BCUT2D eigenvalue weighted by Gasteiger charge is -2.18. The van der Waals surface area contributed by atoms with Crippen molar-refractivity contribution in [3.05, 3.63) is 29.8 Å². The Balaban J connectivity index is 2.99. The third-order valence-electron chi connectivity index (χ3n) is 2.16. The van der Waals surface area contributed by atoms with Crippen LogP contribution in [0.15, 0.2) is 24.3 Å². The fraction of sp³-hybridized carbons (Fsp3) is 0.417. The summed E-state index contributed by atoms with van der Waals surface area (Å²) in [5.74, 6) is -0.945. The third-order valence-corrected chi connectivity index (χ3v) is 2.16. The molecule has 0 fully saturated rings. The number of hydrogen-bond donors (Lipinski definition) is 0. The maximum absolute atomic E-state index is 12.8. The molecular weight excluding hydrogens is 252 g/mol. The number of ether oxygens (including phenoxy) is 1. The first-order valence-electron chi connectivity index (χ1n) is 5.35. The smallest absolute Gasteiger partial charge is 0.428 e. The minimum Gasteiger partial charge on any atom is -0.428 e. The molecule has 0 atom stereocenters. The molecule has 0 saturated carbocycles. The molecule has 6 heteroatoms. The van der Waals surface area contributed by atoms with Crippen LogP contribution in [0.2, 0.25) is 0 Å². The Bertz CT molecular complexity index is 418. The fourth-order valence-corrected chi connectivity index (χ4v) is 1.34. The van der Waals surface area contributed by atoms with Crippen molar-refractivity contribution in [1.82, 2.24) is 0 Å². The van der Waals surface area contributed by atoms with E-state index in [4.69, 9.17) is 0 Å². The van der Waals surface area contributed by atoms with Gasteiger partial charge in [-0.1, -0.05) is 19.1 Å². The van der Waals surface area contributed by atoms with Crippen molar-refractivity contribution in [2.24, 2.45) is 0 Å². The molecule has 0 aliphatic carbocycles. The Hall–Kier alpha value is -1.59. The molecule has 0 bridgehead atoms. The molecule has 0 heterocycles. The van der Waals surface area contributed by atoms with Gasteiger partial charge in [-0.25, -0.2) is 0 Å². The maximum atomic E-state index is 12.8. The van der Waals surface area contributed by atoms with E-state index >= 15 is 0 Å². The van der Waals surface area contributed by atoms with E-state index in [0.29, 0.717) is 6.42 Å². The second kappa shape index (κ2) is 5.84. The molecule has 0 spiro atoms. The predicted molar refractivity (Wildman–Crippen MR) is 57.3 cm³/mol. The van der Waals surface area contributed by atoms with Crippen molar-refractivity contribution in [2.45, 2.75) is 32.3 Å². The summed E-state index contributed by atoms with van der Waals surface area (Å²) in [6, 6.07) is 5.13. The Morgan fingerprint density at radius 2 is 1.94 bits per heavy atom. The molecule has 1 aromatic rings. The molecule has 2 nitrogen and oxygen atoms in total. The second-order valence-corrected chi connectivity index (χ2v) is 3.63. The Kier molecular flexibility index (Phi) is 4.69. The first-order valence-corrected chi connectivity index (χ1v) is 5.35. The molecular formula is C12H12F4O2. The third kappa shape index (κ3) is 3.45. The van der Waals surface area contributed by atoms with Crippen LogP contribution in [-0.4, -0.2) is 18.3 Å². The standard InChI is InChI=1S/C12H12F4O2/c1-2-5-9(17)8-6-3-4-7-10(8)18-12(15,16)11(13)14/h3-4,6-7,11H,2,5H2,1H3. The van der Waals surface area contributed by atoms with Gasteiger partial charge in [0, 0.05) is 6.42 Å². The van der Waals surface area contributed by atoms with E-state index in [0.717, 1.165) is 6.07 Å². The highest BCUT2D eigenvalue weighted by Crippen LogP contribution is 2.30. The van der Waals surface area contributed by atoms with Gasteiger partial charge < -0.3 is 4.74 Å². The zero-order valence-electron chi connectivity index (χ0n) is 9.63. The van der Waals surface area contributed by atoms with Crippen LogP contribution in [0.4, 0.5) is 17.6 Å². The number of halogens is 4. The summed E-state index contributed by atoms with van der Waals surface area (Å²) in [6.07, 6.45) is -7.89. The minimum absolute atomic E-state index is 0.111. The topological polar surface area (TPSA) is 26.3 Å².